The number of carbonyl (C=O) groups is 1. The Labute approximate surface area is 89.6 Å². The minimum Gasteiger partial charge on any atom is -0.335 e. The highest BCUT2D eigenvalue weighted by Crippen LogP contribution is 2.18. The van der Waals surface area contributed by atoms with Crippen LogP contribution in [-0.2, 0) is 0 Å². The maximum atomic E-state index is 11.8. The molecule has 0 radical (unpaired) electrons. The van der Waals surface area contributed by atoms with Crippen LogP contribution in [-0.4, -0.2) is 41.6 Å². The van der Waals surface area contributed by atoms with E-state index in [-0.39, 0.29) is 6.03 Å². The van der Waals surface area contributed by atoms with Gasteiger partial charge in [-0.25, -0.2) is 4.79 Å². The Morgan fingerprint density at radius 1 is 1.21 bits per heavy atom. The van der Waals surface area contributed by atoms with E-state index in [1.54, 1.807) is 0 Å². The second-order valence-electron chi connectivity index (χ2n) is 4.03. The first-order valence-electron chi connectivity index (χ1n) is 5.49. The monoisotopic (exact) mass is 214 g/mol. The molecule has 3 nitrogen and oxygen atoms in total. The number of urea groups is 1. The third-order valence-corrected chi connectivity index (χ3v) is 3.99. The SMILES string of the molecule is O=C(NC1CCC1)N1CCCSCC1. The van der Waals surface area contributed by atoms with Gasteiger partial charge in [-0.15, -0.1) is 0 Å². The Morgan fingerprint density at radius 2 is 2.07 bits per heavy atom. The van der Waals surface area contributed by atoms with Gasteiger partial charge in [0, 0.05) is 24.9 Å². The minimum absolute atomic E-state index is 0.164. The van der Waals surface area contributed by atoms with Gasteiger partial charge in [-0.1, -0.05) is 0 Å². The van der Waals surface area contributed by atoms with E-state index in [1.165, 1.54) is 25.0 Å². The predicted octanol–water partition coefficient (Wildman–Crippen LogP) is 1.69. The van der Waals surface area contributed by atoms with Gasteiger partial charge in [0.2, 0.25) is 0 Å². The van der Waals surface area contributed by atoms with Crippen LogP contribution >= 0.6 is 11.8 Å². The molecular weight excluding hydrogens is 196 g/mol. The van der Waals surface area contributed by atoms with E-state index in [9.17, 15) is 4.79 Å². The first-order valence-corrected chi connectivity index (χ1v) is 6.65. The van der Waals surface area contributed by atoms with E-state index in [0.717, 1.165) is 25.3 Å². The van der Waals surface area contributed by atoms with Crippen molar-refractivity contribution in [3.05, 3.63) is 0 Å². The van der Waals surface area contributed by atoms with E-state index >= 15 is 0 Å². The van der Waals surface area contributed by atoms with Gasteiger partial charge in [0.25, 0.3) is 0 Å². The summed E-state index contributed by atoms with van der Waals surface area (Å²) in [6.07, 6.45) is 4.77. The van der Waals surface area contributed by atoms with Crippen molar-refractivity contribution in [2.45, 2.75) is 31.7 Å². The van der Waals surface area contributed by atoms with E-state index in [1.807, 2.05) is 16.7 Å². The number of carbonyl (C=O) groups excluding carboxylic acids is 1. The smallest absolute Gasteiger partial charge is 0.317 e. The van der Waals surface area contributed by atoms with Gasteiger partial charge >= 0.3 is 6.03 Å². The van der Waals surface area contributed by atoms with Gasteiger partial charge in [0.1, 0.15) is 0 Å². The van der Waals surface area contributed by atoms with Crippen molar-refractivity contribution in [2.75, 3.05) is 24.6 Å². The normalized spacial score (nSPS) is 23.9. The van der Waals surface area contributed by atoms with Crippen molar-refractivity contribution in [3.63, 3.8) is 0 Å². The first-order chi connectivity index (χ1) is 6.86. The van der Waals surface area contributed by atoms with Gasteiger partial charge in [-0.2, -0.15) is 11.8 Å². The molecule has 0 spiro atoms. The zero-order chi connectivity index (χ0) is 9.80. The molecule has 2 fully saturated rings. The number of nitrogens with zero attached hydrogens (tertiary/aromatic N) is 1. The summed E-state index contributed by atoms with van der Waals surface area (Å²) in [6.45, 7) is 1.86. The van der Waals surface area contributed by atoms with Gasteiger partial charge in [0.05, 0.1) is 0 Å². The van der Waals surface area contributed by atoms with Crippen LogP contribution in [0, 0.1) is 0 Å². The molecule has 2 aliphatic rings. The molecule has 0 aromatic rings. The molecule has 0 bridgehead atoms. The summed E-state index contributed by atoms with van der Waals surface area (Å²) in [4.78, 5) is 13.7. The van der Waals surface area contributed by atoms with Crippen LogP contribution in [0.5, 0.6) is 0 Å². The third-order valence-electron chi connectivity index (χ3n) is 2.94. The Bertz CT molecular complexity index is 198. The highest BCUT2D eigenvalue weighted by molar-refractivity contribution is 7.99. The maximum Gasteiger partial charge on any atom is 0.317 e. The van der Waals surface area contributed by atoms with Crippen LogP contribution in [0.1, 0.15) is 25.7 Å². The average Bonchev–Trinajstić information content (AvgIpc) is 2.38. The topological polar surface area (TPSA) is 32.3 Å². The molecular formula is C10H18N2OS. The van der Waals surface area contributed by atoms with Crippen molar-refractivity contribution < 1.29 is 4.79 Å². The highest BCUT2D eigenvalue weighted by Gasteiger charge is 2.22. The van der Waals surface area contributed by atoms with E-state index < -0.39 is 0 Å². The Morgan fingerprint density at radius 3 is 2.79 bits per heavy atom. The van der Waals surface area contributed by atoms with Gasteiger partial charge < -0.3 is 10.2 Å². The summed E-state index contributed by atoms with van der Waals surface area (Å²) < 4.78 is 0. The summed E-state index contributed by atoms with van der Waals surface area (Å²) in [5.41, 5.74) is 0. The van der Waals surface area contributed by atoms with Crippen molar-refractivity contribution in [1.82, 2.24) is 10.2 Å². The Kier molecular flexibility index (Phi) is 3.56. The van der Waals surface area contributed by atoms with Crippen LogP contribution in [0.2, 0.25) is 0 Å². The van der Waals surface area contributed by atoms with Crippen LogP contribution in [0.15, 0.2) is 0 Å². The van der Waals surface area contributed by atoms with E-state index in [0.29, 0.717) is 6.04 Å². The molecule has 0 aromatic carbocycles. The van der Waals surface area contributed by atoms with Crippen LogP contribution < -0.4 is 5.32 Å². The second-order valence-corrected chi connectivity index (χ2v) is 5.26. The fraction of sp³-hybridized carbons (Fsp3) is 0.900. The van der Waals surface area contributed by atoms with Crippen molar-refractivity contribution in [2.24, 2.45) is 0 Å². The lowest BCUT2D eigenvalue weighted by molar-refractivity contribution is 0.190. The number of hydrogen-bond donors (Lipinski definition) is 1. The zero-order valence-electron chi connectivity index (χ0n) is 8.50. The van der Waals surface area contributed by atoms with Gasteiger partial charge in [-0.3, -0.25) is 0 Å². The maximum absolute atomic E-state index is 11.8. The van der Waals surface area contributed by atoms with Crippen LogP contribution in [0.3, 0.4) is 0 Å². The minimum atomic E-state index is 0.164. The summed E-state index contributed by atoms with van der Waals surface area (Å²) in [7, 11) is 0. The molecule has 1 aliphatic heterocycles. The van der Waals surface area contributed by atoms with Crippen molar-refractivity contribution >= 4 is 17.8 Å². The Balaban J connectivity index is 1.76. The number of rotatable bonds is 1. The molecule has 4 heteroatoms. The molecule has 80 valence electrons. The lowest BCUT2D eigenvalue weighted by atomic mass is 9.93. The average molecular weight is 214 g/mol. The molecule has 1 N–H and O–H groups in total. The number of hydrogen-bond acceptors (Lipinski definition) is 2. The molecule has 14 heavy (non-hydrogen) atoms. The number of thioether (sulfide) groups is 1. The molecule has 0 aromatic heterocycles. The Hall–Kier alpha value is -0.380. The van der Waals surface area contributed by atoms with E-state index in [2.05, 4.69) is 5.32 Å². The van der Waals surface area contributed by atoms with Gasteiger partial charge in [-0.05, 0) is 31.4 Å². The van der Waals surface area contributed by atoms with E-state index in [4.69, 9.17) is 0 Å². The fourth-order valence-electron chi connectivity index (χ4n) is 1.77. The second kappa shape index (κ2) is 4.91. The summed E-state index contributed by atoms with van der Waals surface area (Å²) in [5, 5.41) is 3.09. The molecule has 1 saturated heterocycles. The largest absolute Gasteiger partial charge is 0.335 e. The zero-order valence-corrected chi connectivity index (χ0v) is 9.31. The van der Waals surface area contributed by atoms with Crippen LogP contribution in [0.4, 0.5) is 4.79 Å². The molecule has 1 saturated carbocycles. The van der Waals surface area contributed by atoms with Crippen molar-refractivity contribution in [3.8, 4) is 0 Å². The highest BCUT2D eigenvalue weighted by atomic mass is 32.2. The molecule has 1 heterocycles. The van der Waals surface area contributed by atoms with Gasteiger partial charge in [0.15, 0.2) is 0 Å². The van der Waals surface area contributed by atoms with Crippen LogP contribution in [0.25, 0.3) is 0 Å². The summed E-state index contributed by atoms with van der Waals surface area (Å²) in [6, 6.07) is 0.635. The standard InChI is InChI=1S/C10H18N2OS/c13-10(11-9-3-1-4-9)12-5-2-7-14-8-6-12/h9H,1-8H2,(H,11,13). The fourth-order valence-corrected chi connectivity index (χ4v) is 2.65. The summed E-state index contributed by atoms with van der Waals surface area (Å²) in [5.74, 6) is 2.30. The molecule has 2 amide bonds. The molecule has 2 rings (SSSR count). The van der Waals surface area contributed by atoms with Crippen molar-refractivity contribution in [1.29, 1.82) is 0 Å². The first kappa shape index (κ1) is 10.1. The molecule has 1 aliphatic carbocycles. The lowest BCUT2D eigenvalue weighted by Gasteiger charge is -2.30. The third kappa shape index (κ3) is 2.56. The predicted molar refractivity (Wildman–Crippen MR) is 59.7 cm³/mol. The molecule has 0 unspecified atom stereocenters. The number of nitrogens with one attached hydrogen (secondary N) is 1. The summed E-state index contributed by atoms with van der Waals surface area (Å²) >= 11 is 1.95. The lowest BCUT2D eigenvalue weighted by Crippen LogP contribution is -2.47. The molecule has 0 atom stereocenters. The quantitative estimate of drug-likeness (QED) is 0.720. The number of amides is 2.